The normalized spacial score (nSPS) is 11.4. The Kier molecular flexibility index (Phi) is 7.41. The van der Waals surface area contributed by atoms with Crippen molar-refractivity contribution >= 4 is 18.4 Å². The Bertz CT molecular complexity index is 87.9. The Morgan fingerprint density at radius 2 is 2.11 bits per heavy atom. The first-order valence-corrected chi connectivity index (χ1v) is 2.15. The van der Waals surface area contributed by atoms with Crippen LogP contribution >= 0.6 is 12.4 Å². The number of hydrogen-bond acceptors (Lipinski definition) is 4. The summed E-state index contributed by atoms with van der Waals surface area (Å²) in [6.07, 6.45) is -0.667. The van der Waals surface area contributed by atoms with Gasteiger partial charge in [-0.2, -0.15) is 0 Å². The molecule has 0 aliphatic rings. The minimum Gasteiger partial charge on any atom is -0.467 e. The van der Waals surface area contributed by atoms with Gasteiger partial charge in [-0.05, 0) is 6.92 Å². The molecule has 0 aliphatic carbocycles. The highest BCUT2D eigenvalue weighted by Gasteiger charge is 2.10. The van der Waals surface area contributed by atoms with Gasteiger partial charge in [0.2, 0.25) is 0 Å². The lowest BCUT2D eigenvalue weighted by Crippen LogP contribution is -2.24. The number of halogens is 1. The standard InChI is InChI=1S/C4H9NO3.ClH/c1-3(8-5)4(6)7-2;/h3H,5H2,1-2H3;1H/t3-;/m1./s1. The molecular weight excluding hydrogens is 146 g/mol. The largest absolute Gasteiger partial charge is 0.467 e. The molecule has 0 fully saturated rings. The molecule has 1 atom stereocenters. The number of carbonyl (C=O) groups excluding carboxylic acids is 1. The maximum atomic E-state index is 10.3. The monoisotopic (exact) mass is 155 g/mol. The molecule has 0 heterocycles. The molecule has 0 amide bonds. The number of hydrogen-bond donors (Lipinski definition) is 1. The Balaban J connectivity index is 0. The van der Waals surface area contributed by atoms with Gasteiger partial charge in [0.15, 0.2) is 6.10 Å². The predicted molar refractivity (Wildman–Crippen MR) is 34.0 cm³/mol. The fourth-order valence-electron chi connectivity index (χ4n) is 0.222. The van der Waals surface area contributed by atoms with Gasteiger partial charge in [-0.1, -0.05) is 0 Å². The second-order valence-electron chi connectivity index (χ2n) is 1.30. The smallest absolute Gasteiger partial charge is 0.336 e. The molecule has 0 rings (SSSR count). The van der Waals surface area contributed by atoms with Gasteiger partial charge in [-0.3, -0.25) is 4.84 Å². The molecule has 0 aromatic carbocycles. The fraction of sp³-hybridized carbons (Fsp3) is 0.750. The summed E-state index contributed by atoms with van der Waals surface area (Å²) < 4.78 is 4.26. The molecule has 0 bridgehead atoms. The zero-order valence-corrected chi connectivity index (χ0v) is 6.10. The second kappa shape index (κ2) is 5.81. The van der Waals surface area contributed by atoms with E-state index < -0.39 is 12.1 Å². The minimum absolute atomic E-state index is 0. The zero-order valence-electron chi connectivity index (χ0n) is 5.29. The summed E-state index contributed by atoms with van der Waals surface area (Å²) in [4.78, 5) is 14.4. The highest BCUT2D eigenvalue weighted by atomic mass is 35.5. The number of rotatable bonds is 2. The topological polar surface area (TPSA) is 61.5 Å². The first kappa shape index (κ1) is 11.5. The van der Waals surface area contributed by atoms with Crippen molar-refractivity contribution in [3.05, 3.63) is 0 Å². The van der Waals surface area contributed by atoms with Crippen molar-refractivity contribution in [1.29, 1.82) is 0 Å². The summed E-state index contributed by atoms with van der Waals surface area (Å²) in [5.74, 6) is 4.18. The van der Waals surface area contributed by atoms with Crippen LogP contribution in [0.25, 0.3) is 0 Å². The minimum atomic E-state index is -0.667. The third-order valence-corrected chi connectivity index (χ3v) is 0.737. The van der Waals surface area contributed by atoms with Gasteiger partial charge in [0.1, 0.15) is 0 Å². The zero-order chi connectivity index (χ0) is 6.57. The van der Waals surface area contributed by atoms with Crippen LogP contribution in [-0.4, -0.2) is 19.2 Å². The van der Waals surface area contributed by atoms with E-state index in [1.54, 1.807) is 0 Å². The van der Waals surface area contributed by atoms with Crippen LogP contribution in [0.5, 0.6) is 0 Å². The molecule has 0 unspecified atom stereocenters. The van der Waals surface area contributed by atoms with Gasteiger partial charge < -0.3 is 4.74 Å². The lowest BCUT2D eigenvalue weighted by molar-refractivity contribution is -0.153. The van der Waals surface area contributed by atoms with Crippen LogP contribution in [0.1, 0.15) is 6.92 Å². The van der Waals surface area contributed by atoms with Gasteiger partial charge in [-0.15, -0.1) is 12.4 Å². The number of nitrogens with two attached hydrogens (primary N) is 1. The third-order valence-electron chi connectivity index (χ3n) is 0.737. The van der Waals surface area contributed by atoms with E-state index in [1.165, 1.54) is 14.0 Å². The van der Waals surface area contributed by atoms with Crippen LogP contribution in [0.3, 0.4) is 0 Å². The van der Waals surface area contributed by atoms with Gasteiger partial charge >= 0.3 is 5.97 Å². The number of esters is 1. The fourth-order valence-corrected chi connectivity index (χ4v) is 0.222. The van der Waals surface area contributed by atoms with Crippen LogP contribution in [0, 0.1) is 0 Å². The third kappa shape index (κ3) is 4.20. The molecule has 0 radical (unpaired) electrons. The summed E-state index contributed by atoms with van der Waals surface area (Å²) in [5, 5.41) is 0. The van der Waals surface area contributed by atoms with Gasteiger partial charge in [0.05, 0.1) is 7.11 Å². The van der Waals surface area contributed by atoms with E-state index in [-0.39, 0.29) is 12.4 Å². The average molecular weight is 156 g/mol. The maximum Gasteiger partial charge on any atom is 0.336 e. The van der Waals surface area contributed by atoms with E-state index in [4.69, 9.17) is 0 Å². The van der Waals surface area contributed by atoms with Crippen molar-refractivity contribution < 1.29 is 14.4 Å². The summed E-state index contributed by atoms with van der Waals surface area (Å²) >= 11 is 0. The Morgan fingerprint density at radius 1 is 1.67 bits per heavy atom. The van der Waals surface area contributed by atoms with Crippen molar-refractivity contribution in [1.82, 2.24) is 0 Å². The van der Waals surface area contributed by atoms with Crippen LogP contribution in [-0.2, 0) is 14.4 Å². The average Bonchev–Trinajstić information content (AvgIpc) is 1.84. The lowest BCUT2D eigenvalue weighted by Gasteiger charge is -2.03. The van der Waals surface area contributed by atoms with Crippen molar-refractivity contribution in [2.24, 2.45) is 5.90 Å². The van der Waals surface area contributed by atoms with E-state index >= 15 is 0 Å². The van der Waals surface area contributed by atoms with E-state index in [0.717, 1.165) is 0 Å². The molecule has 0 aromatic rings. The number of methoxy groups -OCH3 is 1. The SMILES string of the molecule is COC(=O)[C@@H](C)ON.Cl. The van der Waals surface area contributed by atoms with Crippen LogP contribution in [0.2, 0.25) is 0 Å². The van der Waals surface area contributed by atoms with Crippen LogP contribution in [0.4, 0.5) is 0 Å². The molecule has 0 saturated heterocycles. The Hall–Kier alpha value is -0.320. The molecule has 0 aromatic heterocycles. The van der Waals surface area contributed by atoms with Gasteiger partial charge in [0, 0.05) is 0 Å². The number of carbonyl (C=O) groups is 1. The van der Waals surface area contributed by atoms with Crippen molar-refractivity contribution in [2.45, 2.75) is 13.0 Å². The van der Waals surface area contributed by atoms with Gasteiger partial charge in [0.25, 0.3) is 0 Å². The first-order chi connectivity index (χ1) is 3.72. The van der Waals surface area contributed by atoms with Crippen molar-refractivity contribution in [3.63, 3.8) is 0 Å². The Morgan fingerprint density at radius 3 is 2.22 bits per heavy atom. The summed E-state index contributed by atoms with van der Waals surface area (Å²) in [7, 11) is 1.28. The lowest BCUT2D eigenvalue weighted by atomic mass is 10.4. The first-order valence-electron chi connectivity index (χ1n) is 2.15. The molecule has 0 aliphatic heterocycles. The quantitative estimate of drug-likeness (QED) is 0.446. The summed E-state index contributed by atoms with van der Waals surface area (Å²) in [6.45, 7) is 1.51. The van der Waals surface area contributed by atoms with Crippen molar-refractivity contribution in [2.75, 3.05) is 7.11 Å². The summed E-state index contributed by atoms with van der Waals surface area (Å²) in [5.41, 5.74) is 0. The highest BCUT2D eigenvalue weighted by molar-refractivity contribution is 5.85. The molecule has 0 saturated carbocycles. The second-order valence-corrected chi connectivity index (χ2v) is 1.30. The van der Waals surface area contributed by atoms with Gasteiger partial charge in [-0.25, -0.2) is 10.7 Å². The molecule has 2 N–H and O–H groups in total. The van der Waals surface area contributed by atoms with Crippen molar-refractivity contribution in [3.8, 4) is 0 Å². The van der Waals surface area contributed by atoms with E-state index in [2.05, 4.69) is 15.5 Å². The molecular formula is C4H10ClNO3. The van der Waals surface area contributed by atoms with Crippen LogP contribution < -0.4 is 5.90 Å². The maximum absolute atomic E-state index is 10.3. The summed E-state index contributed by atoms with van der Waals surface area (Å²) in [6, 6.07) is 0. The molecule has 0 spiro atoms. The van der Waals surface area contributed by atoms with E-state index in [0.29, 0.717) is 0 Å². The molecule has 56 valence electrons. The Labute approximate surface area is 59.7 Å². The number of ether oxygens (including phenoxy) is 1. The molecule has 4 nitrogen and oxygen atoms in total. The highest BCUT2D eigenvalue weighted by Crippen LogP contribution is 1.86. The molecule has 5 heteroatoms. The van der Waals surface area contributed by atoms with E-state index in [9.17, 15) is 4.79 Å². The molecule has 9 heavy (non-hydrogen) atoms. The van der Waals surface area contributed by atoms with Crippen LogP contribution in [0.15, 0.2) is 0 Å². The van der Waals surface area contributed by atoms with E-state index in [1.807, 2.05) is 0 Å². The predicted octanol–water partition coefficient (Wildman–Crippen LogP) is -0.140.